The predicted octanol–water partition coefficient (Wildman–Crippen LogP) is 1.69. The Morgan fingerprint density at radius 2 is 1.95 bits per heavy atom. The van der Waals surface area contributed by atoms with Gasteiger partial charge in [0.25, 0.3) is 5.91 Å². The Labute approximate surface area is 124 Å². The fraction of sp³-hybridized carbons (Fsp3) is 0.250. The minimum absolute atomic E-state index is 0.0779. The zero-order valence-electron chi connectivity index (χ0n) is 12.5. The van der Waals surface area contributed by atoms with Crippen LogP contribution >= 0.6 is 0 Å². The standard InChI is InChI=1S/C16H19N3O2/c1-18(2)14-7-9-19(10-8-14)12-16(20)17-13-5-4-6-15(11-13)21-3/h4-11H,12H2,1-3H3/p+1. The molecule has 2 aromatic rings. The normalized spacial score (nSPS) is 10.0. The number of nitrogens with zero attached hydrogens (tertiary/aromatic N) is 2. The molecule has 0 saturated carbocycles. The minimum Gasteiger partial charge on any atom is -0.497 e. The van der Waals surface area contributed by atoms with Crippen molar-refractivity contribution in [3.05, 3.63) is 48.8 Å². The molecule has 1 heterocycles. The summed E-state index contributed by atoms with van der Waals surface area (Å²) in [4.78, 5) is 14.0. The van der Waals surface area contributed by atoms with Crippen LogP contribution in [0.25, 0.3) is 0 Å². The topological polar surface area (TPSA) is 45.5 Å². The van der Waals surface area contributed by atoms with E-state index in [1.165, 1.54) is 0 Å². The Morgan fingerprint density at radius 1 is 1.24 bits per heavy atom. The fourth-order valence-electron chi connectivity index (χ4n) is 1.92. The van der Waals surface area contributed by atoms with Crippen LogP contribution in [0.15, 0.2) is 48.8 Å². The molecule has 0 saturated heterocycles. The number of pyridine rings is 1. The molecule has 1 amide bonds. The van der Waals surface area contributed by atoms with E-state index in [9.17, 15) is 4.79 Å². The molecule has 0 fully saturated rings. The molecule has 0 atom stereocenters. The molecule has 110 valence electrons. The molecule has 0 aliphatic rings. The van der Waals surface area contributed by atoms with Crippen LogP contribution in [0, 0.1) is 0 Å². The van der Waals surface area contributed by atoms with Crippen LogP contribution in [-0.2, 0) is 11.3 Å². The summed E-state index contributed by atoms with van der Waals surface area (Å²) in [5.74, 6) is 0.640. The van der Waals surface area contributed by atoms with Crippen LogP contribution in [0.4, 0.5) is 11.4 Å². The van der Waals surface area contributed by atoms with Crippen LogP contribution in [0.2, 0.25) is 0 Å². The summed E-state index contributed by atoms with van der Waals surface area (Å²) in [6, 6.07) is 11.2. The maximum absolute atomic E-state index is 12.0. The Hall–Kier alpha value is -2.56. The zero-order valence-corrected chi connectivity index (χ0v) is 12.5. The number of benzene rings is 1. The second-order valence-electron chi connectivity index (χ2n) is 4.90. The number of nitrogens with one attached hydrogen (secondary N) is 1. The number of aromatic nitrogens is 1. The average molecular weight is 286 g/mol. The van der Waals surface area contributed by atoms with Gasteiger partial charge < -0.3 is 15.0 Å². The molecule has 21 heavy (non-hydrogen) atoms. The lowest BCUT2D eigenvalue weighted by molar-refractivity contribution is -0.684. The molecule has 0 aliphatic carbocycles. The van der Waals surface area contributed by atoms with Crippen molar-refractivity contribution < 1.29 is 14.1 Å². The summed E-state index contributed by atoms with van der Waals surface area (Å²) >= 11 is 0. The summed E-state index contributed by atoms with van der Waals surface area (Å²) in [7, 11) is 5.56. The summed E-state index contributed by atoms with van der Waals surface area (Å²) in [5, 5.41) is 2.85. The molecule has 1 aromatic heterocycles. The molecule has 2 rings (SSSR count). The highest BCUT2D eigenvalue weighted by atomic mass is 16.5. The van der Waals surface area contributed by atoms with Gasteiger partial charge in [-0.15, -0.1) is 0 Å². The van der Waals surface area contributed by atoms with Gasteiger partial charge in [-0.2, -0.15) is 4.57 Å². The lowest BCUT2D eigenvalue weighted by atomic mass is 10.3. The van der Waals surface area contributed by atoms with E-state index in [2.05, 4.69) is 5.32 Å². The Morgan fingerprint density at radius 3 is 2.57 bits per heavy atom. The zero-order chi connectivity index (χ0) is 15.2. The molecular weight excluding hydrogens is 266 g/mol. The number of anilines is 2. The molecular formula is C16H20N3O2+. The quantitative estimate of drug-likeness (QED) is 0.851. The summed E-state index contributed by atoms with van der Waals surface area (Å²) in [5.41, 5.74) is 1.82. The van der Waals surface area contributed by atoms with Crippen molar-refractivity contribution >= 4 is 17.3 Å². The predicted molar refractivity (Wildman–Crippen MR) is 82.6 cm³/mol. The van der Waals surface area contributed by atoms with Gasteiger partial charge >= 0.3 is 0 Å². The molecule has 1 N–H and O–H groups in total. The van der Waals surface area contributed by atoms with Crippen LogP contribution in [-0.4, -0.2) is 27.1 Å². The highest BCUT2D eigenvalue weighted by Gasteiger charge is 2.10. The molecule has 0 aliphatic heterocycles. The average Bonchev–Trinajstić information content (AvgIpc) is 2.47. The lowest BCUT2D eigenvalue weighted by Gasteiger charge is -2.10. The van der Waals surface area contributed by atoms with E-state index < -0.39 is 0 Å². The first-order chi connectivity index (χ1) is 10.1. The first kappa shape index (κ1) is 14.8. The molecule has 0 bridgehead atoms. The second kappa shape index (κ2) is 6.74. The van der Waals surface area contributed by atoms with E-state index in [1.807, 2.05) is 66.3 Å². The lowest BCUT2D eigenvalue weighted by Crippen LogP contribution is -2.39. The van der Waals surface area contributed by atoms with Gasteiger partial charge in [0.05, 0.1) is 7.11 Å². The Kier molecular flexibility index (Phi) is 4.77. The van der Waals surface area contributed by atoms with Gasteiger partial charge in [0.1, 0.15) is 5.75 Å². The number of methoxy groups -OCH3 is 1. The van der Waals surface area contributed by atoms with Gasteiger partial charge in [0, 0.05) is 43.7 Å². The number of amides is 1. The van der Waals surface area contributed by atoms with E-state index >= 15 is 0 Å². The van der Waals surface area contributed by atoms with E-state index in [0.717, 1.165) is 17.1 Å². The number of hydrogen-bond donors (Lipinski definition) is 1. The highest BCUT2D eigenvalue weighted by molar-refractivity contribution is 5.89. The van der Waals surface area contributed by atoms with Crippen LogP contribution < -0.4 is 19.5 Å². The molecule has 0 spiro atoms. The van der Waals surface area contributed by atoms with Crippen molar-refractivity contribution in [2.75, 3.05) is 31.4 Å². The number of carbonyl (C=O) groups is 1. The second-order valence-corrected chi connectivity index (χ2v) is 4.90. The van der Waals surface area contributed by atoms with E-state index in [0.29, 0.717) is 0 Å². The van der Waals surface area contributed by atoms with Crippen molar-refractivity contribution in [3.8, 4) is 5.75 Å². The highest BCUT2D eigenvalue weighted by Crippen LogP contribution is 2.16. The Balaban J connectivity index is 1.97. The van der Waals surface area contributed by atoms with Crippen LogP contribution in [0.1, 0.15) is 0 Å². The van der Waals surface area contributed by atoms with E-state index in [-0.39, 0.29) is 12.5 Å². The van der Waals surface area contributed by atoms with Crippen molar-refractivity contribution in [1.29, 1.82) is 0 Å². The van der Waals surface area contributed by atoms with Gasteiger partial charge in [-0.05, 0) is 12.1 Å². The SMILES string of the molecule is COc1cccc(NC(=O)C[n+]2ccc(N(C)C)cc2)c1. The van der Waals surface area contributed by atoms with Gasteiger partial charge in [0.2, 0.25) is 6.54 Å². The maximum Gasteiger partial charge on any atom is 0.290 e. The monoisotopic (exact) mass is 286 g/mol. The largest absolute Gasteiger partial charge is 0.497 e. The van der Waals surface area contributed by atoms with E-state index in [4.69, 9.17) is 4.74 Å². The van der Waals surface area contributed by atoms with Crippen LogP contribution in [0.5, 0.6) is 5.75 Å². The first-order valence-corrected chi connectivity index (χ1v) is 6.69. The molecule has 0 radical (unpaired) electrons. The van der Waals surface area contributed by atoms with Gasteiger partial charge in [-0.1, -0.05) is 6.07 Å². The van der Waals surface area contributed by atoms with E-state index in [1.54, 1.807) is 13.2 Å². The number of ether oxygens (including phenoxy) is 1. The smallest absolute Gasteiger partial charge is 0.290 e. The molecule has 1 aromatic carbocycles. The molecule has 0 unspecified atom stereocenters. The minimum atomic E-state index is -0.0779. The summed E-state index contributed by atoms with van der Waals surface area (Å²) in [6.07, 6.45) is 3.78. The van der Waals surface area contributed by atoms with Gasteiger partial charge in [-0.25, -0.2) is 0 Å². The number of carbonyl (C=O) groups excluding carboxylic acids is 1. The van der Waals surface area contributed by atoms with Gasteiger partial charge in [-0.3, -0.25) is 4.79 Å². The number of hydrogen-bond acceptors (Lipinski definition) is 3. The fourth-order valence-corrected chi connectivity index (χ4v) is 1.92. The maximum atomic E-state index is 12.0. The number of rotatable bonds is 5. The third kappa shape index (κ3) is 4.21. The molecule has 5 heteroatoms. The van der Waals surface area contributed by atoms with Gasteiger partial charge in [0.15, 0.2) is 12.4 Å². The third-order valence-electron chi connectivity index (χ3n) is 3.07. The van der Waals surface area contributed by atoms with Crippen LogP contribution in [0.3, 0.4) is 0 Å². The third-order valence-corrected chi connectivity index (χ3v) is 3.07. The summed E-state index contributed by atoms with van der Waals surface area (Å²) in [6.45, 7) is 0.269. The Bertz CT molecular complexity index is 609. The first-order valence-electron chi connectivity index (χ1n) is 6.69. The summed E-state index contributed by atoms with van der Waals surface area (Å²) < 4.78 is 6.96. The van der Waals surface area contributed by atoms with Crippen molar-refractivity contribution in [2.24, 2.45) is 0 Å². The van der Waals surface area contributed by atoms with Crippen molar-refractivity contribution in [3.63, 3.8) is 0 Å². The molecule has 5 nitrogen and oxygen atoms in total. The van der Waals surface area contributed by atoms with Crippen molar-refractivity contribution in [2.45, 2.75) is 6.54 Å². The van der Waals surface area contributed by atoms with Crippen molar-refractivity contribution in [1.82, 2.24) is 0 Å².